The molecule has 1 amide bonds. The first-order valence-electron chi connectivity index (χ1n) is 10.0. The number of carbonyl (C=O) groups is 1. The molecule has 1 saturated heterocycles. The number of nitrogens with zero attached hydrogens (tertiary/aromatic N) is 4. The number of fused-ring (bicyclic) bond motifs is 1. The summed E-state index contributed by atoms with van der Waals surface area (Å²) in [7, 11) is -3.86. The Hall–Kier alpha value is -2.72. The molecule has 0 unspecified atom stereocenters. The standard InChI is InChI=1S/C20H25N5O4S/c1-14(2)25-18-9-8-16(12-17(18)22-23-25)30(27,28)24-10-4-3-7-19(24)20(26)21-13-15-6-5-11-29-15/h5-6,8-9,11-12,14,19H,3-4,7,10,13H2,1-2H3,(H,21,26)/t19-/m0/s1. The van der Waals surface area contributed by atoms with Crippen LogP contribution in [0.15, 0.2) is 45.9 Å². The molecule has 1 aliphatic heterocycles. The first-order valence-corrected chi connectivity index (χ1v) is 11.5. The third kappa shape index (κ3) is 3.84. The Morgan fingerprint density at radius 1 is 1.30 bits per heavy atom. The molecule has 0 aliphatic carbocycles. The summed E-state index contributed by atoms with van der Waals surface area (Å²) in [6.07, 6.45) is 3.53. The minimum atomic E-state index is -3.86. The van der Waals surface area contributed by atoms with Crippen LogP contribution in [0.25, 0.3) is 11.0 Å². The Labute approximate surface area is 175 Å². The van der Waals surface area contributed by atoms with Crippen LogP contribution in [-0.4, -0.2) is 46.2 Å². The zero-order valence-electron chi connectivity index (χ0n) is 17.0. The van der Waals surface area contributed by atoms with Gasteiger partial charge in [0.15, 0.2) is 0 Å². The zero-order valence-corrected chi connectivity index (χ0v) is 17.8. The molecule has 10 heteroatoms. The van der Waals surface area contributed by atoms with Crippen molar-refractivity contribution in [3.63, 3.8) is 0 Å². The van der Waals surface area contributed by atoms with E-state index in [0.717, 1.165) is 11.9 Å². The number of benzene rings is 1. The van der Waals surface area contributed by atoms with Crippen molar-refractivity contribution in [2.24, 2.45) is 0 Å². The Morgan fingerprint density at radius 3 is 2.87 bits per heavy atom. The van der Waals surface area contributed by atoms with Crippen LogP contribution in [0.1, 0.15) is 44.9 Å². The van der Waals surface area contributed by atoms with Crippen LogP contribution < -0.4 is 5.32 Å². The lowest BCUT2D eigenvalue weighted by Crippen LogP contribution is -2.51. The molecule has 30 heavy (non-hydrogen) atoms. The molecule has 2 aromatic heterocycles. The molecule has 3 aromatic rings. The van der Waals surface area contributed by atoms with Crippen LogP contribution in [0.3, 0.4) is 0 Å². The Morgan fingerprint density at radius 2 is 2.13 bits per heavy atom. The molecule has 0 saturated carbocycles. The van der Waals surface area contributed by atoms with Gasteiger partial charge in [0.2, 0.25) is 15.9 Å². The third-order valence-electron chi connectivity index (χ3n) is 5.31. The summed E-state index contributed by atoms with van der Waals surface area (Å²) in [4.78, 5) is 12.9. The first kappa shape index (κ1) is 20.5. The van der Waals surface area contributed by atoms with Crippen LogP contribution in [0.5, 0.6) is 0 Å². The molecular formula is C20H25N5O4S. The fraction of sp³-hybridized carbons (Fsp3) is 0.450. The van der Waals surface area contributed by atoms with E-state index in [1.54, 1.807) is 28.9 Å². The highest BCUT2D eigenvalue weighted by atomic mass is 32.2. The van der Waals surface area contributed by atoms with Gasteiger partial charge in [0.25, 0.3) is 0 Å². The maximum Gasteiger partial charge on any atom is 0.243 e. The van der Waals surface area contributed by atoms with Gasteiger partial charge in [-0.15, -0.1) is 5.10 Å². The van der Waals surface area contributed by atoms with Crippen molar-refractivity contribution >= 4 is 27.0 Å². The summed E-state index contributed by atoms with van der Waals surface area (Å²) >= 11 is 0. The fourth-order valence-electron chi connectivity index (χ4n) is 3.76. The van der Waals surface area contributed by atoms with E-state index in [4.69, 9.17) is 4.42 Å². The molecule has 3 heterocycles. The molecule has 1 aliphatic rings. The average Bonchev–Trinajstić information content (AvgIpc) is 3.41. The van der Waals surface area contributed by atoms with Crippen molar-refractivity contribution < 1.29 is 17.6 Å². The van der Waals surface area contributed by atoms with E-state index in [2.05, 4.69) is 15.6 Å². The molecule has 1 aromatic carbocycles. The normalized spacial score (nSPS) is 18.2. The van der Waals surface area contributed by atoms with E-state index in [-0.39, 0.29) is 23.4 Å². The van der Waals surface area contributed by atoms with Crippen LogP contribution in [0.4, 0.5) is 0 Å². The largest absolute Gasteiger partial charge is 0.467 e. The summed E-state index contributed by atoms with van der Waals surface area (Å²) < 4.78 is 35.1. The van der Waals surface area contributed by atoms with Crippen molar-refractivity contribution in [1.29, 1.82) is 0 Å². The van der Waals surface area contributed by atoms with E-state index in [1.807, 2.05) is 13.8 Å². The van der Waals surface area contributed by atoms with Crippen LogP contribution in [0.2, 0.25) is 0 Å². The second kappa shape index (κ2) is 8.19. The molecule has 0 bridgehead atoms. The van der Waals surface area contributed by atoms with Gasteiger partial charge in [-0.3, -0.25) is 4.79 Å². The molecule has 9 nitrogen and oxygen atoms in total. The molecule has 4 rings (SSSR count). The minimum absolute atomic E-state index is 0.113. The van der Waals surface area contributed by atoms with E-state index in [9.17, 15) is 13.2 Å². The van der Waals surface area contributed by atoms with Crippen LogP contribution in [-0.2, 0) is 21.4 Å². The number of rotatable bonds is 6. The summed E-state index contributed by atoms with van der Waals surface area (Å²) in [5, 5.41) is 11.0. The quantitative estimate of drug-likeness (QED) is 0.642. The lowest BCUT2D eigenvalue weighted by Gasteiger charge is -2.33. The van der Waals surface area contributed by atoms with E-state index in [1.165, 1.54) is 16.6 Å². The molecule has 160 valence electrons. The highest BCUT2D eigenvalue weighted by Gasteiger charge is 2.37. The number of sulfonamides is 1. The minimum Gasteiger partial charge on any atom is -0.467 e. The molecule has 1 atom stereocenters. The number of furan rings is 1. The molecule has 1 fully saturated rings. The number of nitrogens with one attached hydrogen (secondary N) is 1. The van der Waals surface area contributed by atoms with Gasteiger partial charge >= 0.3 is 0 Å². The number of hydrogen-bond acceptors (Lipinski definition) is 6. The predicted octanol–water partition coefficient (Wildman–Crippen LogP) is 2.46. The highest BCUT2D eigenvalue weighted by molar-refractivity contribution is 7.89. The number of hydrogen-bond donors (Lipinski definition) is 1. The van der Waals surface area contributed by atoms with Gasteiger partial charge in [0.1, 0.15) is 17.3 Å². The molecular weight excluding hydrogens is 406 g/mol. The summed E-state index contributed by atoms with van der Waals surface area (Å²) in [5.41, 5.74) is 1.29. The Bertz CT molecular complexity index is 1140. The monoisotopic (exact) mass is 431 g/mol. The summed E-state index contributed by atoms with van der Waals surface area (Å²) in [5.74, 6) is 0.300. The van der Waals surface area contributed by atoms with Crippen molar-refractivity contribution in [2.45, 2.75) is 56.6 Å². The second-order valence-corrected chi connectivity index (χ2v) is 9.59. The maximum atomic E-state index is 13.4. The SMILES string of the molecule is CC(C)n1nnc2cc(S(=O)(=O)N3CCCC[C@H]3C(=O)NCc3ccco3)ccc21. The summed E-state index contributed by atoms with van der Waals surface area (Å²) in [6, 6.07) is 7.68. The van der Waals surface area contributed by atoms with Gasteiger partial charge in [0.05, 0.1) is 23.2 Å². The first-order chi connectivity index (χ1) is 14.4. The second-order valence-electron chi connectivity index (χ2n) is 7.70. The lowest BCUT2D eigenvalue weighted by atomic mass is 10.0. The highest BCUT2D eigenvalue weighted by Crippen LogP contribution is 2.28. The van der Waals surface area contributed by atoms with Crippen molar-refractivity contribution in [2.75, 3.05) is 6.54 Å². The fourth-order valence-corrected chi connectivity index (χ4v) is 5.44. The van der Waals surface area contributed by atoms with Crippen molar-refractivity contribution in [1.82, 2.24) is 24.6 Å². The van der Waals surface area contributed by atoms with Gasteiger partial charge in [-0.2, -0.15) is 4.31 Å². The molecule has 0 spiro atoms. The van der Waals surface area contributed by atoms with E-state index < -0.39 is 16.1 Å². The van der Waals surface area contributed by atoms with Crippen molar-refractivity contribution in [3.8, 4) is 0 Å². The Balaban J connectivity index is 1.59. The predicted molar refractivity (Wildman–Crippen MR) is 110 cm³/mol. The zero-order chi connectivity index (χ0) is 21.3. The van der Waals surface area contributed by atoms with Gasteiger partial charge in [-0.05, 0) is 57.0 Å². The maximum absolute atomic E-state index is 13.4. The van der Waals surface area contributed by atoms with Gasteiger partial charge in [-0.25, -0.2) is 13.1 Å². The lowest BCUT2D eigenvalue weighted by molar-refractivity contribution is -0.125. The van der Waals surface area contributed by atoms with Gasteiger partial charge in [0, 0.05) is 12.6 Å². The number of carbonyl (C=O) groups excluding carboxylic acids is 1. The van der Waals surface area contributed by atoms with Crippen LogP contribution in [0, 0.1) is 0 Å². The van der Waals surface area contributed by atoms with Crippen molar-refractivity contribution in [3.05, 3.63) is 42.4 Å². The number of aromatic nitrogens is 3. The van der Waals surface area contributed by atoms with Gasteiger partial charge < -0.3 is 9.73 Å². The average molecular weight is 432 g/mol. The summed E-state index contributed by atoms with van der Waals surface area (Å²) in [6.45, 7) is 4.50. The third-order valence-corrected chi connectivity index (χ3v) is 7.22. The van der Waals surface area contributed by atoms with E-state index >= 15 is 0 Å². The number of piperidine rings is 1. The smallest absolute Gasteiger partial charge is 0.243 e. The molecule has 0 radical (unpaired) electrons. The molecule has 1 N–H and O–H groups in total. The van der Waals surface area contributed by atoms with E-state index in [0.29, 0.717) is 30.7 Å². The topological polar surface area (TPSA) is 110 Å². The van der Waals surface area contributed by atoms with Crippen LogP contribution >= 0.6 is 0 Å². The Kier molecular flexibility index (Phi) is 5.61. The van der Waals surface area contributed by atoms with Gasteiger partial charge in [-0.1, -0.05) is 11.6 Å². The number of amides is 1.